The summed E-state index contributed by atoms with van der Waals surface area (Å²) in [6, 6.07) is 3.95. The maximum Gasteiger partial charge on any atom is 0.338 e. The highest BCUT2D eigenvalue weighted by molar-refractivity contribution is 5.91. The molecule has 0 N–H and O–H groups in total. The van der Waals surface area contributed by atoms with Gasteiger partial charge in [-0.15, -0.1) is 0 Å². The molecule has 0 aromatic heterocycles. The van der Waals surface area contributed by atoms with Crippen molar-refractivity contribution in [3.05, 3.63) is 34.6 Å². The lowest BCUT2D eigenvalue weighted by Gasteiger charge is -2.05. The summed E-state index contributed by atoms with van der Waals surface area (Å²) in [4.78, 5) is 11.2. The van der Waals surface area contributed by atoms with Gasteiger partial charge < -0.3 is 4.74 Å². The number of halogens is 1. The van der Waals surface area contributed by atoms with Crippen LogP contribution in [0.25, 0.3) is 0 Å². The van der Waals surface area contributed by atoms with Crippen LogP contribution in [0.1, 0.15) is 21.5 Å². The van der Waals surface area contributed by atoms with Gasteiger partial charge in [-0.05, 0) is 24.6 Å². The summed E-state index contributed by atoms with van der Waals surface area (Å²) in [5, 5.41) is 8.65. The first-order valence-electron chi connectivity index (χ1n) is 3.88. The molecule has 0 saturated carbocycles. The second-order valence-corrected chi connectivity index (χ2v) is 2.73. The molecule has 3 nitrogen and oxygen atoms in total. The van der Waals surface area contributed by atoms with Gasteiger partial charge in [-0.1, -0.05) is 0 Å². The van der Waals surface area contributed by atoms with Crippen LogP contribution in [0, 0.1) is 24.1 Å². The van der Waals surface area contributed by atoms with Crippen LogP contribution in [0.5, 0.6) is 0 Å². The number of nitrogens with zero attached hydrogens (tertiary/aromatic N) is 1. The average molecular weight is 193 g/mol. The topological polar surface area (TPSA) is 50.1 Å². The van der Waals surface area contributed by atoms with Crippen LogP contribution < -0.4 is 0 Å². The van der Waals surface area contributed by atoms with Gasteiger partial charge in [-0.3, -0.25) is 0 Å². The van der Waals surface area contributed by atoms with Crippen LogP contribution in [0.3, 0.4) is 0 Å². The number of hydrogen-bond acceptors (Lipinski definition) is 3. The van der Waals surface area contributed by atoms with Gasteiger partial charge in [-0.25, -0.2) is 9.18 Å². The lowest BCUT2D eigenvalue weighted by atomic mass is 10.0. The molecule has 0 bridgehead atoms. The van der Waals surface area contributed by atoms with Gasteiger partial charge >= 0.3 is 5.97 Å². The zero-order valence-electron chi connectivity index (χ0n) is 7.80. The normalized spacial score (nSPS) is 9.29. The summed E-state index contributed by atoms with van der Waals surface area (Å²) in [6.45, 7) is 1.57. The molecule has 0 saturated heterocycles. The van der Waals surface area contributed by atoms with Crippen molar-refractivity contribution in [2.24, 2.45) is 0 Å². The third-order valence-corrected chi connectivity index (χ3v) is 1.90. The van der Waals surface area contributed by atoms with E-state index in [0.29, 0.717) is 5.56 Å². The van der Waals surface area contributed by atoms with E-state index >= 15 is 0 Å². The van der Waals surface area contributed by atoms with Crippen LogP contribution in [-0.4, -0.2) is 13.1 Å². The third-order valence-electron chi connectivity index (χ3n) is 1.90. The Morgan fingerprint density at radius 1 is 1.57 bits per heavy atom. The summed E-state index contributed by atoms with van der Waals surface area (Å²) < 4.78 is 17.4. The molecule has 0 atom stereocenters. The van der Waals surface area contributed by atoms with E-state index in [1.165, 1.54) is 7.11 Å². The molecule has 0 unspecified atom stereocenters. The molecule has 14 heavy (non-hydrogen) atoms. The van der Waals surface area contributed by atoms with Gasteiger partial charge in [0.05, 0.1) is 24.3 Å². The summed E-state index contributed by atoms with van der Waals surface area (Å²) in [7, 11) is 1.21. The number of methoxy groups -OCH3 is 1. The van der Waals surface area contributed by atoms with Crippen LogP contribution >= 0.6 is 0 Å². The van der Waals surface area contributed by atoms with Gasteiger partial charge in [-0.2, -0.15) is 5.26 Å². The Bertz CT molecular complexity index is 421. The lowest BCUT2D eigenvalue weighted by molar-refractivity contribution is 0.0599. The van der Waals surface area contributed by atoms with Crippen LogP contribution in [0.4, 0.5) is 4.39 Å². The summed E-state index contributed by atoms with van der Waals surface area (Å²) in [5.41, 5.74) is 0.662. The fraction of sp³-hybridized carbons (Fsp3) is 0.200. The number of nitriles is 1. The van der Waals surface area contributed by atoms with Crippen molar-refractivity contribution in [2.75, 3.05) is 7.11 Å². The van der Waals surface area contributed by atoms with Crippen molar-refractivity contribution in [1.29, 1.82) is 5.26 Å². The molecular formula is C10H8FNO2. The first-order chi connectivity index (χ1) is 6.60. The number of rotatable bonds is 1. The molecule has 0 amide bonds. The smallest absolute Gasteiger partial charge is 0.338 e. The van der Waals surface area contributed by atoms with Crippen molar-refractivity contribution in [2.45, 2.75) is 6.92 Å². The monoisotopic (exact) mass is 193 g/mol. The van der Waals surface area contributed by atoms with E-state index in [1.807, 2.05) is 6.07 Å². The van der Waals surface area contributed by atoms with Gasteiger partial charge in [0.15, 0.2) is 0 Å². The average Bonchev–Trinajstić information content (AvgIpc) is 2.19. The predicted octanol–water partition coefficient (Wildman–Crippen LogP) is 1.79. The van der Waals surface area contributed by atoms with Crippen LogP contribution in [0.15, 0.2) is 12.1 Å². The van der Waals surface area contributed by atoms with Crippen molar-refractivity contribution >= 4 is 5.97 Å². The Labute approximate surface area is 80.7 Å². The molecule has 72 valence electrons. The minimum absolute atomic E-state index is 0.0871. The van der Waals surface area contributed by atoms with Crippen molar-refractivity contribution < 1.29 is 13.9 Å². The molecule has 1 aromatic carbocycles. The minimum Gasteiger partial charge on any atom is -0.465 e. The second kappa shape index (κ2) is 3.88. The Hall–Kier alpha value is -1.89. The molecule has 0 spiro atoms. The Balaban J connectivity index is 3.38. The van der Waals surface area contributed by atoms with Gasteiger partial charge in [0.25, 0.3) is 0 Å². The first-order valence-corrected chi connectivity index (χ1v) is 3.88. The Kier molecular flexibility index (Phi) is 2.82. The maximum atomic E-state index is 12.9. The molecular weight excluding hydrogens is 185 g/mol. The molecule has 0 aliphatic carbocycles. The van der Waals surface area contributed by atoms with E-state index in [-0.39, 0.29) is 11.1 Å². The molecule has 0 radical (unpaired) electrons. The largest absolute Gasteiger partial charge is 0.465 e. The predicted molar refractivity (Wildman–Crippen MR) is 47.2 cm³/mol. The fourth-order valence-corrected chi connectivity index (χ4v) is 1.12. The number of esters is 1. The highest BCUT2D eigenvalue weighted by atomic mass is 19.1. The van der Waals surface area contributed by atoms with E-state index < -0.39 is 11.8 Å². The summed E-state index contributed by atoms with van der Waals surface area (Å²) in [5.74, 6) is -1.26. The van der Waals surface area contributed by atoms with E-state index in [4.69, 9.17) is 5.26 Å². The standard InChI is InChI=1S/C10H8FNO2/c1-6-7(5-12)3-8(11)4-9(6)10(13)14-2/h3-4H,1-2H3. The molecule has 0 fully saturated rings. The van der Waals surface area contributed by atoms with Crippen LogP contribution in [-0.2, 0) is 4.74 Å². The van der Waals surface area contributed by atoms with E-state index in [9.17, 15) is 9.18 Å². The van der Waals surface area contributed by atoms with Crippen molar-refractivity contribution in [3.63, 3.8) is 0 Å². The maximum absolute atomic E-state index is 12.9. The van der Waals surface area contributed by atoms with Crippen LogP contribution in [0.2, 0.25) is 0 Å². The van der Waals surface area contributed by atoms with Gasteiger partial charge in [0, 0.05) is 0 Å². The molecule has 0 aliphatic heterocycles. The Morgan fingerprint density at radius 3 is 2.71 bits per heavy atom. The summed E-state index contributed by atoms with van der Waals surface area (Å²) in [6.07, 6.45) is 0. The summed E-state index contributed by atoms with van der Waals surface area (Å²) >= 11 is 0. The number of benzene rings is 1. The van der Waals surface area contributed by atoms with E-state index in [1.54, 1.807) is 6.92 Å². The first kappa shape index (κ1) is 10.2. The quantitative estimate of drug-likeness (QED) is 0.639. The van der Waals surface area contributed by atoms with Crippen molar-refractivity contribution in [3.8, 4) is 6.07 Å². The zero-order chi connectivity index (χ0) is 10.7. The fourth-order valence-electron chi connectivity index (χ4n) is 1.12. The van der Waals surface area contributed by atoms with E-state index in [2.05, 4.69) is 4.74 Å². The van der Waals surface area contributed by atoms with E-state index in [0.717, 1.165) is 12.1 Å². The molecule has 0 heterocycles. The number of carbonyl (C=O) groups excluding carboxylic acids is 1. The number of ether oxygens (including phenoxy) is 1. The molecule has 1 rings (SSSR count). The highest BCUT2D eigenvalue weighted by Gasteiger charge is 2.13. The van der Waals surface area contributed by atoms with Crippen molar-refractivity contribution in [1.82, 2.24) is 0 Å². The number of hydrogen-bond donors (Lipinski definition) is 0. The number of carbonyl (C=O) groups is 1. The second-order valence-electron chi connectivity index (χ2n) is 2.73. The Morgan fingerprint density at radius 2 is 2.21 bits per heavy atom. The van der Waals surface area contributed by atoms with Gasteiger partial charge in [0.1, 0.15) is 5.82 Å². The molecule has 4 heteroatoms. The third kappa shape index (κ3) is 1.72. The van der Waals surface area contributed by atoms with Gasteiger partial charge in [0.2, 0.25) is 0 Å². The SMILES string of the molecule is COC(=O)c1cc(F)cc(C#N)c1C. The molecule has 0 aliphatic rings. The zero-order valence-corrected chi connectivity index (χ0v) is 7.80. The highest BCUT2D eigenvalue weighted by Crippen LogP contribution is 2.16. The lowest BCUT2D eigenvalue weighted by Crippen LogP contribution is -2.05. The molecule has 1 aromatic rings. The minimum atomic E-state index is -0.640.